The van der Waals surface area contributed by atoms with Gasteiger partial charge in [-0.1, -0.05) is 39.0 Å². The van der Waals surface area contributed by atoms with Gasteiger partial charge in [-0.3, -0.25) is 24.0 Å². The summed E-state index contributed by atoms with van der Waals surface area (Å²) >= 11 is 0. The largest absolute Gasteiger partial charge is 0.383 e. The number of amides is 1. The number of nitrogens with zero attached hydrogens (tertiary/aromatic N) is 3. The smallest absolute Gasteiger partial charge is 0.330 e. The Labute approximate surface area is 172 Å². The van der Waals surface area contributed by atoms with E-state index in [2.05, 4.69) is 9.88 Å². The molecule has 8 nitrogen and oxygen atoms in total. The molecule has 1 saturated heterocycles. The van der Waals surface area contributed by atoms with Crippen LogP contribution >= 0.6 is 0 Å². The van der Waals surface area contributed by atoms with E-state index >= 15 is 0 Å². The van der Waals surface area contributed by atoms with Gasteiger partial charge in [0.1, 0.15) is 5.82 Å². The lowest BCUT2D eigenvalue weighted by atomic mass is 10.1. The zero-order valence-electron chi connectivity index (χ0n) is 17.6. The van der Waals surface area contributed by atoms with Crippen LogP contribution in [0.4, 0.5) is 11.5 Å². The fourth-order valence-electron chi connectivity index (χ4n) is 4.58. The van der Waals surface area contributed by atoms with Crippen molar-refractivity contribution in [2.75, 3.05) is 30.3 Å². The summed E-state index contributed by atoms with van der Waals surface area (Å²) in [5.74, 6) is 0.0278. The van der Waals surface area contributed by atoms with E-state index in [-0.39, 0.29) is 23.5 Å². The molecule has 2 aliphatic rings. The van der Waals surface area contributed by atoms with Crippen LogP contribution < -0.4 is 21.9 Å². The first-order valence-corrected chi connectivity index (χ1v) is 11.2. The van der Waals surface area contributed by atoms with Gasteiger partial charge in [0.2, 0.25) is 5.91 Å². The molecule has 1 aliphatic heterocycles. The molecule has 0 unspecified atom stereocenters. The van der Waals surface area contributed by atoms with Crippen molar-refractivity contribution < 1.29 is 4.79 Å². The van der Waals surface area contributed by atoms with Crippen molar-refractivity contribution >= 4 is 17.4 Å². The van der Waals surface area contributed by atoms with Crippen LogP contribution in [0.2, 0.25) is 0 Å². The number of H-pyrrole nitrogens is 1. The normalized spacial score (nSPS) is 18.7. The lowest BCUT2D eigenvalue weighted by molar-refractivity contribution is -0.120. The summed E-state index contributed by atoms with van der Waals surface area (Å²) < 4.78 is 1.40. The SMILES string of the molecule is CCCCn1c(N)c(N(C(=O)CN2CCCCCC2)C2CCCC2)c(=O)[nH]c1=O. The van der Waals surface area contributed by atoms with Crippen LogP contribution in [0.15, 0.2) is 9.59 Å². The fraction of sp³-hybridized carbons (Fsp3) is 0.762. The Bertz CT molecular complexity index is 802. The molecule has 1 amide bonds. The summed E-state index contributed by atoms with van der Waals surface area (Å²) in [6.45, 7) is 4.58. The molecule has 162 valence electrons. The molecule has 1 aromatic rings. The highest BCUT2D eigenvalue weighted by Crippen LogP contribution is 2.29. The zero-order chi connectivity index (χ0) is 20.8. The van der Waals surface area contributed by atoms with Crippen molar-refractivity contribution in [1.82, 2.24) is 14.5 Å². The highest BCUT2D eigenvalue weighted by atomic mass is 16.2. The summed E-state index contributed by atoms with van der Waals surface area (Å²) in [6.07, 6.45) is 10.1. The standard InChI is InChI=1S/C21H35N5O3/c1-2-3-14-25-19(22)18(20(28)23-21(25)29)26(16-10-6-7-11-16)17(27)15-24-12-8-4-5-9-13-24/h16H,2-15,22H2,1H3,(H,23,28,29). The van der Waals surface area contributed by atoms with Crippen LogP contribution in [-0.2, 0) is 11.3 Å². The molecule has 3 rings (SSSR count). The minimum absolute atomic E-state index is 0.0324. The molecule has 1 aromatic heterocycles. The molecular formula is C21H35N5O3. The fourth-order valence-corrected chi connectivity index (χ4v) is 4.58. The maximum Gasteiger partial charge on any atom is 0.330 e. The van der Waals surface area contributed by atoms with Gasteiger partial charge >= 0.3 is 5.69 Å². The zero-order valence-corrected chi connectivity index (χ0v) is 17.6. The molecule has 29 heavy (non-hydrogen) atoms. The number of nitrogens with one attached hydrogen (secondary N) is 1. The van der Waals surface area contributed by atoms with Crippen molar-refractivity contribution in [1.29, 1.82) is 0 Å². The van der Waals surface area contributed by atoms with Crippen LogP contribution in [0.5, 0.6) is 0 Å². The Hall–Kier alpha value is -2.09. The van der Waals surface area contributed by atoms with Crippen LogP contribution in [0.25, 0.3) is 0 Å². The molecule has 1 aliphatic carbocycles. The Morgan fingerprint density at radius 2 is 1.76 bits per heavy atom. The third-order valence-corrected chi connectivity index (χ3v) is 6.21. The molecule has 0 aromatic carbocycles. The van der Waals surface area contributed by atoms with Crippen molar-refractivity contribution in [3.63, 3.8) is 0 Å². The predicted octanol–water partition coefficient (Wildman–Crippen LogP) is 2.07. The Morgan fingerprint density at radius 1 is 1.10 bits per heavy atom. The van der Waals surface area contributed by atoms with Crippen molar-refractivity contribution in [2.24, 2.45) is 0 Å². The lowest BCUT2D eigenvalue weighted by Gasteiger charge is -2.32. The number of carbonyl (C=O) groups is 1. The van der Waals surface area contributed by atoms with Gasteiger partial charge in [-0.2, -0.15) is 0 Å². The van der Waals surface area contributed by atoms with Crippen molar-refractivity contribution in [3.05, 3.63) is 20.8 Å². The van der Waals surface area contributed by atoms with Gasteiger partial charge in [-0.25, -0.2) is 4.79 Å². The number of hydrogen-bond donors (Lipinski definition) is 2. The number of rotatable bonds is 7. The van der Waals surface area contributed by atoms with E-state index in [1.165, 1.54) is 17.4 Å². The molecular weight excluding hydrogens is 370 g/mol. The summed E-state index contributed by atoms with van der Waals surface area (Å²) in [4.78, 5) is 44.7. The minimum Gasteiger partial charge on any atom is -0.383 e. The number of aromatic amines is 1. The van der Waals surface area contributed by atoms with Crippen molar-refractivity contribution in [2.45, 2.75) is 83.7 Å². The van der Waals surface area contributed by atoms with E-state index < -0.39 is 11.2 Å². The number of carbonyl (C=O) groups excluding carboxylic acids is 1. The third-order valence-electron chi connectivity index (χ3n) is 6.21. The van der Waals surface area contributed by atoms with Gasteiger partial charge in [-0.05, 0) is 45.2 Å². The van der Waals surface area contributed by atoms with E-state index in [9.17, 15) is 14.4 Å². The van der Waals surface area contributed by atoms with E-state index in [0.29, 0.717) is 13.1 Å². The lowest BCUT2D eigenvalue weighted by Crippen LogP contribution is -2.49. The van der Waals surface area contributed by atoms with Crippen LogP contribution in [-0.4, -0.2) is 46.0 Å². The number of anilines is 2. The van der Waals surface area contributed by atoms with E-state index in [4.69, 9.17) is 5.73 Å². The second kappa shape index (κ2) is 10.1. The van der Waals surface area contributed by atoms with Crippen LogP contribution in [0.1, 0.15) is 71.1 Å². The third kappa shape index (κ3) is 5.10. The second-order valence-electron chi connectivity index (χ2n) is 8.39. The summed E-state index contributed by atoms with van der Waals surface area (Å²) in [5, 5.41) is 0. The molecule has 8 heteroatoms. The first-order chi connectivity index (χ1) is 14.0. The Kier molecular flexibility index (Phi) is 7.52. The topological polar surface area (TPSA) is 104 Å². The van der Waals surface area contributed by atoms with E-state index in [1.54, 1.807) is 4.90 Å². The van der Waals surface area contributed by atoms with E-state index in [0.717, 1.165) is 64.5 Å². The molecule has 2 fully saturated rings. The average Bonchev–Trinajstić information content (AvgIpc) is 3.09. The van der Waals surface area contributed by atoms with Gasteiger partial charge in [0.15, 0.2) is 5.69 Å². The molecule has 3 N–H and O–H groups in total. The Balaban J connectivity index is 1.95. The first-order valence-electron chi connectivity index (χ1n) is 11.2. The molecule has 1 saturated carbocycles. The number of nitrogens with two attached hydrogens (primary N) is 1. The molecule has 0 radical (unpaired) electrons. The quantitative estimate of drug-likeness (QED) is 0.723. The second-order valence-corrected chi connectivity index (χ2v) is 8.39. The van der Waals surface area contributed by atoms with Crippen LogP contribution in [0, 0.1) is 0 Å². The minimum atomic E-state index is -0.559. The maximum absolute atomic E-state index is 13.4. The highest BCUT2D eigenvalue weighted by Gasteiger charge is 2.33. The number of hydrogen-bond acceptors (Lipinski definition) is 5. The number of likely N-dealkylation sites (tertiary alicyclic amines) is 1. The molecule has 0 atom stereocenters. The number of nitrogen functional groups attached to an aromatic ring is 1. The number of unbranched alkanes of at least 4 members (excludes halogenated alkanes) is 1. The summed E-state index contributed by atoms with van der Waals surface area (Å²) in [6, 6.07) is -0.0324. The molecule has 0 bridgehead atoms. The molecule has 2 heterocycles. The van der Waals surface area contributed by atoms with Gasteiger partial charge in [0.05, 0.1) is 6.54 Å². The molecule has 0 spiro atoms. The van der Waals surface area contributed by atoms with Crippen molar-refractivity contribution in [3.8, 4) is 0 Å². The van der Waals surface area contributed by atoms with E-state index in [1.807, 2.05) is 6.92 Å². The number of aromatic nitrogens is 2. The van der Waals surface area contributed by atoms with Crippen LogP contribution in [0.3, 0.4) is 0 Å². The highest BCUT2D eigenvalue weighted by molar-refractivity contribution is 5.97. The van der Waals surface area contributed by atoms with Gasteiger partial charge < -0.3 is 10.6 Å². The van der Waals surface area contributed by atoms with Gasteiger partial charge in [0.25, 0.3) is 5.56 Å². The summed E-state index contributed by atoms with van der Waals surface area (Å²) in [7, 11) is 0. The summed E-state index contributed by atoms with van der Waals surface area (Å²) in [5.41, 5.74) is 5.42. The van der Waals surface area contributed by atoms with Gasteiger partial charge in [-0.15, -0.1) is 0 Å². The monoisotopic (exact) mass is 405 g/mol. The predicted molar refractivity (Wildman–Crippen MR) is 115 cm³/mol. The Morgan fingerprint density at radius 3 is 2.38 bits per heavy atom. The first kappa shape index (κ1) is 21.6. The van der Waals surface area contributed by atoms with Gasteiger partial charge in [0, 0.05) is 12.6 Å². The maximum atomic E-state index is 13.4. The average molecular weight is 406 g/mol.